The van der Waals surface area contributed by atoms with Crippen molar-refractivity contribution in [1.29, 1.82) is 0 Å². The second kappa shape index (κ2) is 4.58. The third-order valence-electron chi connectivity index (χ3n) is 2.73. The minimum atomic E-state index is -0.180. The molecule has 6 heteroatoms. The maximum atomic E-state index is 11.7. The van der Waals surface area contributed by atoms with Crippen molar-refractivity contribution in [3.63, 3.8) is 0 Å². The number of carbonyl (C=O) groups is 1. The Balaban J connectivity index is 2.64. The van der Waals surface area contributed by atoms with Crippen molar-refractivity contribution in [1.82, 2.24) is 5.01 Å². The van der Waals surface area contributed by atoms with Gasteiger partial charge in [-0.25, -0.2) is 5.84 Å². The van der Waals surface area contributed by atoms with Crippen LogP contribution in [0.5, 0.6) is 5.75 Å². The van der Waals surface area contributed by atoms with Gasteiger partial charge in [-0.05, 0) is 25.1 Å². The Labute approximate surface area is 105 Å². The number of hydrazine groups is 1. The van der Waals surface area contributed by atoms with E-state index in [1.807, 2.05) is 0 Å². The van der Waals surface area contributed by atoms with Gasteiger partial charge >= 0.3 is 0 Å². The molecule has 0 spiro atoms. The molecule has 1 aromatic rings. The normalized spacial score (nSPS) is 17.7. The van der Waals surface area contributed by atoms with E-state index in [1.165, 1.54) is 5.01 Å². The number of nitrogens with one attached hydrogen (secondary N) is 1. The molecular formula is C12H16N4O2. The van der Waals surface area contributed by atoms with Crippen molar-refractivity contribution in [3.8, 4) is 5.75 Å². The van der Waals surface area contributed by atoms with Gasteiger partial charge in [0, 0.05) is 11.3 Å². The Morgan fingerprint density at radius 1 is 1.50 bits per heavy atom. The van der Waals surface area contributed by atoms with Crippen LogP contribution in [0.4, 0.5) is 5.69 Å². The van der Waals surface area contributed by atoms with E-state index < -0.39 is 0 Å². The largest absolute Gasteiger partial charge is 0.497 e. The van der Waals surface area contributed by atoms with Crippen molar-refractivity contribution < 1.29 is 9.53 Å². The predicted octanol–water partition coefficient (Wildman–Crippen LogP) is 0.470. The fourth-order valence-corrected chi connectivity index (χ4v) is 1.97. The van der Waals surface area contributed by atoms with E-state index >= 15 is 0 Å². The van der Waals surface area contributed by atoms with Crippen LogP contribution in [0.1, 0.15) is 12.5 Å². The van der Waals surface area contributed by atoms with Gasteiger partial charge in [-0.3, -0.25) is 9.80 Å². The number of hydrogen-bond acceptors (Lipinski definition) is 5. The Morgan fingerprint density at radius 2 is 2.22 bits per heavy atom. The van der Waals surface area contributed by atoms with Gasteiger partial charge in [-0.2, -0.15) is 0 Å². The molecule has 18 heavy (non-hydrogen) atoms. The molecule has 0 radical (unpaired) electrons. The summed E-state index contributed by atoms with van der Waals surface area (Å²) in [7, 11) is 1.58. The number of hydrogen-bond donors (Lipinski definition) is 3. The summed E-state index contributed by atoms with van der Waals surface area (Å²) in [5.74, 6) is 6.37. The number of allylic oxidation sites excluding steroid dienone is 1. The van der Waals surface area contributed by atoms with Gasteiger partial charge in [0.1, 0.15) is 12.3 Å². The van der Waals surface area contributed by atoms with E-state index in [2.05, 4.69) is 5.32 Å². The summed E-state index contributed by atoms with van der Waals surface area (Å²) >= 11 is 0. The number of methoxy groups -OCH3 is 1. The molecular weight excluding hydrogens is 232 g/mol. The second-order valence-electron chi connectivity index (χ2n) is 4.12. The minimum Gasteiger partial charge on any atom is -0.497 e. The van der Waals surface area contributed by atoms with Gasteiger partial charge in [-0.15, -0.1) is 0 Å². The number of benzene rings is 1. The van der Waals surface area contributed by atoms with E-state index in [1.54, 1.807) is 32.2 Å². The third-order valence-corrected chi connectivity index (χ3v) is 2.73. The van der Waals surface area contributed by atoms with E-state index in [-0.39, 0.29) is 12.5 Å². The molecule has 1 aromatic carbocycles. The minimum absolute atomic E-state index is 0.0564. The number of amides is 1. The van der Waals surface area contributed by atoms with Gasteiger partial charge in [0.2, 0.25) is 5.91 Å². The van der Waals surface area contributed by atoms with Crippen LogP contribution in [0, 0.1) is 0 Å². The summed E-state index contributed by atoms with van der Waals surface area (Å²) < 4.78 is 5.18. The maximum Gasteiger partial charge on any atom is 0.245 e. The fourth-order valence-electron chi connectivity index (χ4n) is 1.97. The summed E-state index contributed by atoms with van der Waals surface area (Å²) in [5.41, 5.74) is 8.46. The fraction of sp³-hybridized carbons (Fsp3) is 0.250. The Bertz CT molecular complexity index is 521. The van der Waals surface area contributed by atoms with Gasteiger partial charge in [0.15, 0.2) is 0 Å². The van der Waals surface area contributed by atoms with Crippen molar-refractivity contribution in [2.75, 3.05) is 19.0 Å². The van der Waals surface area contributed by atoms with Crippen molar-refractivity contribution >= 4 is 17.3 Å². The van der Waals surface area contributed by atoms with Crippen molar-refractivity contribution in [3.05, 3.63) is 29.5 Å². The van der Waals surface area contributed by atoms with E-state index in [9.17, 15) is 4.79 Å². The molecule has 0 aliphatic carbocycles. The standard InChI is InChI=1S/C12H16N4O2/c1-7(13)12-9-5-8(18-2)3-4-10(9)15-11(17)6-16(12)14/h3-5H,6,13-14H2,1-2H3,(H,15,17)/b12-7-. The lowest BCUT2D eigenvalue weighted by atomic mass is 10.1. The zero-order chi connectivity index (χ0) is 13.3. The quantitative estimate of drug-likeness (QED) is 0.628. The molecule has 1 aliphatic heterocycles. The summed E-state index contributed by atoms with van der Waals surface area (Å²) in [4.78, 5) is 11.7. The number of nitrogens with two attached hydrogens (primary N) is 2. The van der Waals surface area contributed by atoms with Crippen molar-refractivity contribution in [2.45, 2.75) is 6.92 Å². The Kier molecular flexibility index (Phi) is 3.12. The highest BCUT2D eigenvalue weighted by molar-refractivity contribution is 5.98. The molecule has 0 fully saturated rings. The summed E-state index contributed by atoms with van der Waals surface area (Å²) in [6.45, 7) is 1.80. The van der Waals surface area contributed by atoms with Gasteiger partial charge in [-0.1, -0.05) is 0 Å². The predicted molar refractivity (Wildman–Crippen MR) is 69.3 cm³/mol. The number of fused-ring (bicyclic) bond motifs is 1. The van der Waals surface area contributed by atoms with Gasteiger partial charge < -0.3 is 15.8 Å². The topological polar surface area (TPSA) is 93.6 Å². The number of ether oxygens (including phenoxy) is 1. The van der Waals surface area contributed by atoms with Crippen LogP contribution in [0.3, 0.4) is 0 Å². The average molecular weight is 248 g/mol. The average Bonchev–Trinajstić information content (AvgIpc) is 2.42. The highest BCUT2D eigenvalue weighted by Gasteiger charge is 2.23. The molecule has 0 saturated heterocycles. The van der Waals surface area contributed by atoms with E-state index in [0.717, 1.165) is 5.56 Å². The lowest BCUT2D eigenvalue weighted by molar-refractivity contribution is -0.116. The maximum absolute atomic E-state index is 11.7. The number of rotatable bonds is 1. The molecule has 1 amide bonds. The SMILES string of the molecule is COc1ccc2c(c1)/C(=C(\C)N)N(N)CC(=O)N2. The highest BCUT2D eigenvalue weighted by atomic mass is 16.5. The van der Waals surface area contributed by atoms with Crippen LogP contribution in [0.2, 0.25) is 0 Å². The van der Waals surface area contributed by atoms with Gasteiger partial charge in [0.05, 0.1) is 18.5 Å². The van der Waals surface area contributed by atoms with Crippen LogP contribution in [0.25, 0.3) is 5.70 Å². The zero-order valence-corrected chi connectivity index (χ0v) is 10.4. The molecule has 6 nitrogen and oxygen atoms in total. The molecule has 0 saturated carbocycles. The summed E-state index contributed by atoms with van der Waals surface area (Å²) in [6, 6.07) is 5.34. The Morgan fingerprint density at radius 3 is 2.83 bits per heavy atom. The smallest absolute Gasteiger partial charge is 0.245 e. The van der Waals surface area contributed by atoms with Crippen LogP contribution >= 0.6 is 0 Å². The van der Waals surface area contributed by atoms with Crippen LogP contribution < -0.4 is 21.6 Å². The Hall–Kier alpha value is -2.21. The molecule has 1 aliphatic rings. The van der Waals surface area contributed by atoms with Crippen molar-refractivity contribution in [2.24, 2.45) is 11.6 Å². The first-order chi connectivity index (χ1) is 8.52. The zero-order valence-electron chi connectivity index (χ0n) is 10.4. The molecule has 0 atom stereocenters. The second-order valence-corrected chi connectivity index (χ2v) is 4.12. The molecule has 5 N–H and O–H groups in total. The number of carbonyl (C=O) groups excluding carboxylic acids is 1. The lowest BCUT2D eigenvalue weighted by Crippen LogP contribution is -2.35. The molecule has 0 aromatic heterocycles. The monoisotopic (exact) mass is 248 g/mol. The molecule has 96 valence electrons. The van der Waals surface area contributed by atoms with E-state index in [0.29, 0.717) is 22.8 Å². The summed E-state index contributed by atoms with van der Waals surface area (Å²) in [5, 5.41) is 4.13. The summed E-state index contributed by atoms with van der Waals surface area (Å²) in [6.07, 6.45) is 0. The number of nitrogens with zero attached hydrogens (tertiary/aromatic N) is 1. The first-order valence-electron chi connectivity index (χ1n) is 5.49. The molecule has 1 heterocycles. The van der Waals surface area contributed by atoms with E-state index in [4.69, 9.17) is 16.3 Å². The number of anilines is 1. The lowest BCUT2D eigenvalue weighted by Gasteiger charge is -2.20. The molecule has 2 rings (SSSR count). The molecule has 0 bridgehead atoms. The highest BCUT2D eigenvalue weighted by Crippen LogP contribution is 2.32. The van der Waals surface area contributed by atoms with Crippen LogP contribution in [0.15, 0.2) is 23.9 Å². The van der Waals surface area contributed by atoms with Gasteiger partial charge in [0.25, 0.3) is 0 Å². The first kappa shape index (κ1) is 12.3. The third kappa shape index (κ3) is 2.10. The first-order valence-corrected chi connectivity index (χ1v) is 5.49. The van der Waals surface area contributed by atoms with Crippen LogP contribution in [-0.4, -0.2) is 24.6 Å². The van der Waals surface area contributed by atoms with Crippen LogP contribution in [-0.2, 0) is 4.79 Å². The molecule has 0 unspecified atom stereocenters.